The second kappa shape index (κ2) is 7.62. The summed E-state index contributed by atoms with van der Waals surface area (Å²) in [6.45, 7) is 4.54. The fourth-order valence-corrected chi connectivity index (χ4v) is 2.33. The zero-order valence-corrected chi connectivity index (χ0v) is 11.7. The van der Waals surface area contributed by atoms with Crippen molar-refractivity contribution in [2.45, 2.75) is 20.3 Å². The highest BCUT2D eigenvalue weighted by Crippen LogP contribution is 2.24. The minimum atomic E-state index is 0.0781. The van der Waals surface area contributed by atoms with Gasteiger partial charge in [-0.2, -0.15) is 11.8 Å². The van der Waals surface area contributed by atoms with Gasteiger partial charge in [-0.25, -0.2) is 0 Å². The molecule has 0 radical (unpaired) electrons. The van der Waals surface area contributed by atoms with Crippen molar-refractivity contribution >= 4 is 29.1 Å². The van der Waals surface area contributed by atoms with E-state index in [1.807, 2.05) is 6.92 Å². The summed E-state index contributed by atoms with van der Waals surface area (Å²) in [6, 6.07) is 5.17. The Hall–Kier alpha value is -0.670. The highest BCUT2D eigenvalue weighted by atomic mass is 35.5. The molecule has 0 amide bonds. The van der Waals surface area contributed by atoms with Crippen molar-refractivity contribution in [2.75, 3.05) is 18.1 Å². The second-order valence-corrected chi connectivity index (χ2v) is 5.09. The van der Waals surface area contributed by atoms with Crippen LogP contribution < -0.4 is 4.74 Å². The van der Waals surface area contributed by atoms with Gasteiger partial charge in [0.15, 0.2) is 5.78 Å². The van der Waals surface area contributed by atoms with Gasteiger partial charge in [0.1, 0.15) is 5.75 Å². The van der Waals surface area contributed by atoms with Crippen molar-refractivity contribution in [2.24, 2.45) is 0 Å². The highest BCUT2D eigenvalue weighted by Gasteiger charge is 2.13. The van der Waals surface area contributed by atoms with E-state index in [1.54, 1.807) is 30.0 Å². The van der Waals surface area contributed by atoms with Crippen molar-refractivity contribution in [3.05, 3.63) is 28.8 Å². The Morgan fingerprint density at radius 1 is 1.41 bits per heavy atom. The van der Waals surface area contributed by atoms with Crippen LogP contribution in [0, 0.1) is 0 Å². The zero-order valence-electron chi connectivity index (χ0n) is 10.2. The maximum atomic E-state index is 12.0. The highest BCUT2D eigenvalue weighted by molar-refractivity contribution is 7.99. The quantitative estimate of drug-likeness (QED) is 0.553. The van der Waals surface area contributed by atoms with Gasteiger partial charge in [0.25, 0.3) is 0 Å². The molecule has 0 aliphatic rings. The molecule has 17 heavy (non-hydrogen) atoms. The van der Waals surface area contributed by atoms with Crippen molar-refractivity contribution in [1.29, 1.82) is 0 Å². The summed E-state index contributed by atoms with van der Waals surface area (Å²) in [4.78, 5) is 12.0. The number of rotatable bonds is 7. The third-order valence-corrected chi connectivity index (χ3v) is 3.52. The molecule has 2 nitrogen and oxygen atoms in total. The molecule has 0 N–H and O–H groups in total. The summed E-state index contributed by atoms with van der Waals surface area (Å²) in [6.07, 6.45) is 1.08. The number of halogens is 1. The lowest BCUT2D eigenvalue weighted by atomic mass is 10.1. The van der Waals surface area contributed by atoms with Crippen LogP contribution in [0.2, 0.25) is 5.02 Å². The van der Waals surface area contributed by atoms with Crippen LogP contribution in [-0.4, -0.2) is 23.9 Å². The molecule has 94 valence electrons. The minimum absolute atomic E-state index is 0.0781. The molecule has 0 bridgehead atoms. The number of carbonyl (C=O) groups is 1. The van der Waals surface area contributed by atoms with Crippen LogP contribution in [0.5, 0.6) is 5.75 Å². The van der Waals surface area contributed by atoms with E-state index < -0.39 is 0 Å². The van der Waals surface area contributed by atoms with Crippen LogP contribution in [-0.2, 0) is 0 Å². The number of hydrogen-bond acceptors (Lipinski definition) is 3. The van der Waals surface area contributed by atoms with Crippen LogP contribution in [0.1, 0.15) is 30.6 Å². The Balaban J connectivity index is 2.78. The molecule has 1 rings (SSSR count). The molecule has 0 fully saturated rings. The third kappa shape index (κ3) is 4.60. The number of Topliss-reactive ketones (excluding diaryl/α,β-unsaturated/α-hetero) is 1. The van der Waals surface area contributed by atoms with Gasteiger partial charge < -0.3 is 4.74 Å². The number of ketones is 1. The summed E-state index contributed by atoms with van der Waals surface area (Å²) in [5.41, 5.74) is 0.586. The average molecular weight is 273 g/mol. The van der Waals surface area contributed by atoms with E-state index in [0.29, 0.717) is 28.7 Å². The summed E-state index contributed by atoms with van der Waals surface area (Å²) >= 11 is 7.55. The summed E-state index contributed by atoms with van der Waals surface area (Å²) in [7, 11) is 0. The molecular formula is C13H17ClO2S. The molecule has 0 aromatic heterocycles. The van der Waals surface area contributed by atoms with Crippen LogP contribution >= 0.6 is 23.4 Å². The zero-order chi connectivity index (χ0) is 12.7. The maximum Gasteiger partial charge on any atom is 0.176 e. The van der Waals surface area contributed by atoms with Crippen molar-refractivity contribution in [3.8, 4) is 5.75 Å². The summed E-state index contributed by atoms with van der Waals surface area (Å²) in [5, 5.41) is 0.567. The number of ether oxygens (including phenoxy) is 1. The van der Waals surface area contributed by atoms with Gasteiger partial charge in [0.2, 0.25) is 0 Å². The van der Waals surface area contributed by atoms with Gasteiger partial charge in [0.05, 0.1) is 17.9 Å². The summed E-state index contributed by atoms with van der Waals surface area (Å²) in [5.74, 6) is 2.18. The molecule has 0 unspecified atom stereocenters. The van der Waals surface area contributed by atoms with Gasteiger partial charge in [-0.3, -0.25) is 4.79 Å². The predicted molar refractivity (Wildman–Crippen MR) is 74.6 cm³/mol. The van der Waals surface area contributed by atoms with E-state index >= 15 is 0 Å². The van der Waals surface area contributed by atoms with Gasteiger partial charge in [-0.15, -0.1) is 0 Å². The number of carbonyl (C=O) groups excluding carboxylic acids is 1. The number of benzene rings is 1. The Bertz CT molecular complexity index is 380. The van der Waals surface area contributed by atoms with E-state index in [-0.39, 0.29) is 5.78 Å². The van der Waals surface area contributed by atoms with Crippen molar-refractivity contribution in [1.82, 2.24) is 0 Å². The minimum Gasteiger partial charge on any atom is -0.493 e. The molecule has 0 aliphatic heterocycles. The lowest BCUT2D eigenvalue weighted by molar-refractivity contribution is 0.101. The first-order valence-electron chi connectivity index (χ1n) is 5.72. The fourth-order valence-electron chi connectivity index (χ4n) is 1.39. The Kier molecular flexibility index (Phi) is 6.45. The fraction of sp³-hybridized carbons (Fsp3) is 0.462. The molecule has 0 spiro atoms. The SMILES string of the molecule is CCCSCC(=O)c1cc(Cl)ccc1OCC. The number of thioether (sulfide) groups is 1. The monoisotopic (exact) mass is 272 g/mol. The topological polar surface area (TPSA) is 26.3 Å². The standard InChI is InChI=1S/C13H17ClO2S/c1-3-7-17-9-12(15)11-8-10(14)5-6-13(11)16-4-2/h5-6,8H,3-4,7,9H2,1-2H3. The molecule has 0 heterocycles. The maximum absolute atomic E-state index is 12.0. The van der Waals surface area contributed by atoms with Crippen molar-refractivity contribution < 1.29 is 9.53 Å². The first kappa shape index (κ1) is 14.4. The van der Waals surface area contributed by atoms with E-state index in [2.05, 4.69) is 6.92 Å². The lowest BCUT2D eigenvalue weighted by Crippen LogP contribution is -2.06. The van der Waals surface area contributed by atoms with Gasteiger partial charge in [0, 0.05) is 5.02 Å². The molecule has 1 aromatic rings. The Morgan fingerprint density at radius 2 is 2.18 bits per heavy atom. The summed E-state index contributed by atoms with van der Waals surface area (Å²) < 4.78 is 5.43. The smallest absolute Gasteiger partial charge is 0.176 e. The van der Waals surface area contributed by atoms with Crippen LogP contribution in [0.25, 0.3) is 0 Å². The average Bonchev–Trinajstić information content (AvgIpc) is 2.32. The number of hydrogen-bond donors (Lipinski definition) is 0. The van der Waals surface area contributed by atoms with Gasteiger partial charge in [-0.1, -0.05) is 18.5 Å². The first-order valence-corrected chi connectivity index (χ1v) is 7.25. The normalized spacial score (nSPS) is 10.3. The first-order chi connectivity index (χ1) is 8.19. The van der Waals surface area contributed by atoms with E-state index in [1.165, 1.54) is 0 Å². The second-order valence-electron chi connectivity index (χ2n) is 3.55. The van der Waals surface area contributed by atoms with Crippen LogP contribution in [0.3, 0.4) is 0 Å². The Morgan fingerprint density at radius 3 is 2.82 bits per heavy atom. The molecule has 0 atom stereocenters. The molecule has 0 saturated carbocycles. The van der Waals surface area contributed by atoms with E-state index in [0.717, 1.165) is 12.2 Å². The molecule has 4 heteroatoms. The molecule has 1 aromatic carbocycles. The Labute approximate surface area is 112 Å². The lowest BCUT2D eigenvalue weighted by Gasteiger charge is -2.09. The van der Waals surface area contributed by atoms with Gasteiger partial charge in [-0.05, 0) is 37.3 Å². The largest absolute Gasteiger partial charge is 0.493 e. The van der Waals surface area contributed by atoms with E-state index in [9.17, 15) is 4.79 Å². The molecule has 0 aliphatic carbocycles. The third-order valence-electron chi connectivity index (χ3n) is 2.12. The van der Waals surface area contributed by atoms with Gasteiger partial charge >= 0.3 is 0 Å². The predicted octanol–water partition coefficient (Wildman–Crippen LogP) is 4.06. The van der Waals surface area contributed by atoms with Crippen molar-refractivity contribution in [3.63, 3.8) is 0 Å². The van der Waals surface area contributed by atoms with E-state index in [4.69, 9.17) is 16.3 Å². The molecule has 0 saturated heterocycles. The molecular weight excluding hydrogens is 256 g/mol. The van der Waals surface area contributed by atoms with Crippen LogP contribution in [0.4, 0.5) is 0 Å². The van der Waals surface area contributed by atoms with Crippen LogP contribution in [0.15, 0.2) is 18.2 Å².